The Hall–Kier alpha value is -0.319. The maximum absolute atomic E-state index is 13.2. The van der Waals surface area contributed by atoms with Crippen LogP contribution >= 0.6 is 0 Å². The molecule has 1 aromatic rings. The Balaban J connectivity index is 0.00000338. The molecule has 1 amide bonds. The van der Waals surface area contributed by atoms with E-state index in [1.165, 1.54) is 22.3 Å². The van der Waals surface area contributed by atoms with Crippen LogP contribution in [0, 0.1) is 26.7 Å². The molecule has 0 bridgehead atoms. The summed E-state index contributed by atoms with van der Waals surface area (Å²) in [7, 11) is 0. The molecule has 1 N–H and O–H groups in total. The van der Waals surface area contributed by atoms with Crippen molar-refractivity contribution in [3.05, 3.63) is 55.0 Å². The Morgan fingerprint density at radius 2 is 1.44 bits per heavy atom. The number of nitrogens with one attached hydrogen (secondary N) is 1. The zero-order valence-corrected chi connectivity index (χ0v) is 22.2. The third kappa shape index (κ3) is 5.39. The van der Waals surface area contributed by atoms with Gasteiger partial charge in [0.1, 0.15) is 0 Å². The van der Waals surface area contributed by atoms with Gasteiger partial charge in [-0.15, -0.1) is 0 Å². The predicted octanol–water partition coefficient (Wildman–Crippen LogP) is -0.874. The molecule has 0 heterocycles. The van der Waals surface area contributed by atoms with E-state index in [1.807, 2.05) is 0 Å². The number of carbonyl (C=O) groups is 1. The number of allylic oxidation sites excluding steroid dienone is 4. The average molecular weight is 461 g/mol. The first-order valence-corrected chi connectivity index (χ1v) is 16.4. The summed E-state index contributed by atoms with van der Waals surface area (Å²) in [5.41, 5.74) is 8.68. The van der Waals surface area contributed by atoms with Crippen LogP contribution in [0.3, 0.4) is 0 Å². The largest absolute Gasteiger partial charge is 1.00 e. The van der Waals surface area contributed by atoms with E-state index in [0.717, 1.165) is 16.7 Å². The molecule has 1 aliphatic carbocycles. The summed E-state index contributed by atoms with van der Waals surface area (Å²) in [6.07, 6.45) is 0. The minimum Gasteiger partial charge on any atom is -1.00 e. The summed E-state index contributed by atoms with van der Waals surface area (Å²) in [4.78, 5) is 13.2. The normalized spacial score (nSPS) is 16.3. The molecule has 0 saturated carbocycles. The summed E-state index contributed by atoms with van der Waals surface area (Å²) < 4.78 is 5.19. The Morgan fingerprint density at radius 1 is 0.963 bits per heavy atom. The van der Waals surface area contributed by atoms with Crippen molar-refractivity contribution in [1.82, 2.24) is 3.80 Å². The SMILES string of the molecule is CC1=C(C)C(C)[C]([Ti+2]([NH]C(=O)c2c(C)cc(C)cc2C)[SiH](C)C)=C1C.[Cl-].[Cl-]. The average Bonchev–Trinajstić information content (AvgIpc) is 2.68. The van der Waals surface area contributed by atoms with Crippen molar-refractivity contribution in [2.45, 2.75) is 61.6 Å². The first-order valence-electron chi connectivity index (χ1n) is 9.21. The second-order valence-corrected chi connectivity index (χ2v) is 20.5. The zero-order valence-electron chi connectivity index (χ0n) is 18.0. The number of hydrogen-bond acceptors (Lipinski definition) is 1. The molecule has 1 aromatic carbocycles. The van der Waals surface area contributed by atoms with Crippen LogP contribution in [0.1, 0.15) is 54.7 Å². The predicted molar refractivity (Wildman–Crippen MR) is 107 cm³/mol. The molecule has 27 heavy (non-hydrogen) atoms. The summed E-state index contributed by atoms with van der Waals surface area (Å²) >= 11 is -1.79. The second-order valence-electron chi connectivity index (χ2n) is 7.86. The number of carbonyl (C=O) groups excluding carboxylic acids is 1. The van der Waals surface area contributed by atoms with Gasteiger partial charge in [-0.3, -0.25) is 0 Å². The van der Waals surface area contributed by atoms with E-state index >= 15 is 0 Å². The van der Waals surface area contributed by atoms with Crippen molar-refractivity contribution < 1.29 is 47.0 Å². The molecular weight excluding hydrogens is 429 g/mol. The first kappa shape index (κ1) is 26.7. The van der Waals surface area contributed by atoms with Gasteiger partial charge in [0.25, 0.3) is 0 Å². The van der Waals surface area contributed by atoms with Gasteiger partial charge < -0.3 is 24.8 Å². The van der Waals surface area contributed by atoms with Crippen LogP contribution in [0.5, 0.6) is 0 Å². The van der Waals surface area contributed by atoms with Crippen LogP contribution in [0.15, 0.2) is 32.7 Å². The zero-order chi connectivity index (χ0) is 19.0. The Bertz CT molecular complexity index is 763. The van der Waals surface area contributed by atoms with Gasteiger partial charge >= 0.3 is 161 Å². The van der Waals surface area contributed by atoms with E-state index in [0.29, 0.717) is 5.92 Å². The number of hydrogen-bond donors (Lipinski definition) is 1. The fourth-order valence-electron chi connectivity index (χ4n) is 4.04. The van der Waals surface area contributed by atoms with E-state index < -0.39 is 24.0 Å². The van der Waals surface area contributed by atoms with Crippen molar-refractivity contribution in [3.8, 4) is 0 Å². The van der Waals surface area contributed by atoms with Crippen molar-refractivity contribution in [3.63, 3.8) is 0 Å². The monoisotopic (exact) mass is 460 g/mol. The molecule has 1 aliphatic rings. The molecule has 0 fully saturated rings. The van der Waals surface area contributed by atoms with Crippen LogP contribution in [-0.4, -0.2) is 12.6 Å². The summed E-state index contributed by atoms with van der Waals surface area (Å²) in [6.45, 7) is 19.1. The van der Waals surface area contributed by atoms with Crippen molar-refractivity contribution in [2.24, 2.45) is 5.92 Å². The molecule has 1 unspecified atom stereocenters. The molecule has 0 spiro atoms. The van der Waals surface area contributed by atoms with E-state index in [2.05, 4.69) is 77.5 Å². The minimum atomic E-state index is -1.79. The second kappa shape index (κ2) is 10.5. The summed E-state index contributed by atoms with van der Waals surface area (Å²) in [6, 6.07) is 4.24. The molecule has 0 aliphatic heterocycles. The smallest absolute Gasteiger partial charge is 1.00 e. The number of benzene rings is 1. The number of halogens is 2. The van der Waals surface area contributed by atoms with Gasteiger partial charge in [-0.25, -0.2) is 0 Å². The van der Waals surface area contributed by atoms with Gasteiger partial charge in [-0.05, 0) is 0 Å². The van der Waals surface area contributed by atoms with Gasteiger partial charge in [0, 0.05) is 0 Å². The maximum atomic E-state index is 13.2. The Morgan fingerprint density at radius 3 is 1.81 bits per heavy atom. The summed E-state index contributed by atoms with van der Waals surface area (Å²) in [5, 5.41) is 0. The van der Waals surface area contributed by atoms with Gasteiger partial charge in [0.05, 0.1) is 0 Å². The Kier molecular flexibility index (Phi) is 10.3. The Labute approximate surface area is 185 Å². The van der Waals surface area contributed by atoms with Crippen LogP contribution in [-0.2, 0) is 17.4 Å². The molecule has 0 aromatic heterocycles. The standard InChI is InChI=1S/C10H13NO.C9H13.C2H7Si.2ClH.Ti/c1-6-4-7(2)9(10(11)12)8(3)5-6;1-6-5-7(2)9(4)8(6)3;1-3-2;;;/h4-5H,1-3H3,(H2,11,12);6H,1-4H3;3H,1-2H3;2*1H;/q;;;;;+3/p-3. The number of amides is 1. The molecule has 2 rings (SSSR count). The van der Waals surface area contributed by atoms with E-state index in [9.17, 15) is 4.79 Å². The number of aryl methyl sites for hydroxylation is 3. The quantitative estimate of drug-likeness (QED) is 0.581. The van der Waals surface area contributed by atoms with Crippen molar-refractivity contribution in [1.29, 1.82) is 0 Å². The molecule has 0 radical (unpaired) electrons. The van der Waals surface area contributed by atoms with Crippen LogP contribution in [0.25, 0.3) is 0 Å². The van der Waals surface area contributed by atoms with Crippen LogP contribution < -0.4 is 28.6 Å². The molecule has 2 nitrogen and oxygen atoms in total. The van der Waals surface area contributed by atoms with E-state index in [-0.39, 0.29) is 30.7 Å². The van der Waals surface area contributed by atoms with Gasteiger partial charge in [-0.2, -0.15) is 0 Å². The molecular formula is C21H32Cl2NOSiTi. The third-order valence-corrected chi connectivity index (χ3v) is 17.0. The number of rotatable bonds is 4. The third-order valence-electron chi connectivity index (χ3n) is 5.66. The van der Waals surface area contributed by atoms with Crippen molar-refractivity contribution >= 4 is 12.6 Å². The van der Waals surface area contributed by atoms with E-state index in [1.54, 1.807) is 3.88 Å². The fourth-order valence-corrected chi connectivity index (χ4v) is 14.5. The van der Waals surface area contributed by atoms with Gasteiger partial charge in [0.2, 0.25) is 0 Å². The van der Waals surface area contributed by atoms with Gasteiger partial charge in [-0.1, -0.05) is 0 Å². The maximum Gasteiger partial charge on any atom is -1.00 e. The molecule has 1 atom stereocenters. The van der Waals surface area contributed by atoms with Crippen LogP contribution in [0.4, 0.5) is 0 Å². The summed E-state index contributed by atoms with van der Waals surface area (Å²) in [5.74, 6) is 0.659. The topological polar surface area (TPSA) is 29.1 Å². The van der Waals surface area contributed by atoms with Crippen LogP contribution in [0.2, 0.25) is 13.1 Å². The molecule has 0 saturated heterocycles. The molecule has 149 valence electrons. The minimum absolute atomic E-state index is 0. The van der Waals surface area contributed by atoms with E-state index in [4.69, 9.17) is 0 Å². The fraction of sp³-hybridized carbons (Fsp3) is 0.476. The first-order chi connectivity index (χ1) is 11.6. The van der Waals surface area contributed by atoms with Crippen molar-refractivity contribution in [2.75, 3.05) is 0 Å². The molecule has 6 heteroatoms. The van der Waals surface area contributed by atoms with Gasteiger partial charge in [0.15, 0.2) is 0 Å².